The number of benzene rings is 1. The second-order valence-electron chi connectivity index (χ2n) is 5.68. The van der Waals surface area contributed by atoms with Gasteiger partial charge in [-0.2, -0.15) is 0 Å². The average molecular weight is 313 g/mol. The van der Waals surface area contributed by atoms with E-state index in [1.54, 1.807) is 19.1 Å². The summed E-state index contributed by atoms with van der Waals surface area (Å²) < 4.78 is 27.3. The van der Waals surface area contributed by atoms with Crippen molar-refractivity contribution < 1.29 is 18.6 Å². The molecule has 0 aliphatic heterocycles. The Kier molecular flexibility index (Phi) is 5.37. The smallest absolute Gasteiger partial charge is 0.240 e. The predicted octanol–water partition coefficient (Wildman–Crippen LogP) is 1.71. The molecule has 2 rings (SSSR count). The highest BCUT2D eigenvalue weighted by molar-refractivity contribution is 7.89. The molecule has 0 spiro atoms. The molecular weight excluding hydrogens is 290 g/mol. The summed E-state index contributed by atoms with van der Waals surface area (Å²) in [6.07, 6.45) is 2.92. The molecule has 1 aromatic carbocycles. The highest BCUT2D eigenvalue weighted by Gasteiger charge is 2.27. The van der Waals surface area contributed by atoms with Gasteiger partial charge in [0.05, 0.1) is 17.1 Å². The molecule has 0 radical (unpaired) electrons. The zero-order valence-electron chi connectivity index (χ0n) is 12.2. The van der Waals surface area contributed by atoms with E-state index < -0.39 is 28.3 Å². The topological polar surface area (TPSA) is 86.6 Å². The standard InChI is InChI=1S/C15H23NO4S/c1-11(17)12-7-9-13(10-8-12)21(19,20)16-14-5-3-2-4-6-15(14)18/h7-11,14-18H,2-6H2,1H3. The Morgan fingerprint density at radius 1 is 1.14 bits per heavy atom. The number of nitrogens with one attached hydrogen (secondary N) is 1. The first-order valence-electron chi connectivity index (χ1n) is 7.38. The van der Waals surface area contributed by atoms with Crippen molar-refractivity contribution in [2.24, 2.45) is 0 Å². The van der Waals surface area contributed by atoms with E-state index >= 15 is 0 Å². The molecule has 1 fully saturated rings. The van der Waals surface area contributed by atoms with Gasteiger partial charge in [0.25, 0.3) is 0 Å². The zero-order valence-corrected chi connectivity index (χ0v) is 13.0. The summed E-state index contributed by atoms with van der Waals surface area (Å²) in [5, 5.41) is 19.5. The Hall–Kier alpha value is -0.950. The molecule has 21 heavy (non-hydrogen) atoms. The molecular formula is C15H23NO4S. The van der Waals surface area contributed by atoms with Crippen molar-refractivity contribution in [3.8, 4) is 0 Å². The van der Waals surface area contributed by atoms with Gasteiger partial charge in [-0.3, -0.25) is 0 Å². The lowest BCUT2D eigenvalue weighted by Crippen LogP contribution is -2.42. The van der Waals surface area contributed by atoms with Crippen LogP contribution in [0.25, 0.3) is 0 Å². The van der Waals surface area contributed by atoms with E-state index in [1.807, 2.05) is 0 Å². The van der Waals surface area contributed by atoms with E-state index in [2.05, 4.69) is 4.72 Å². The molecule has 3 atom stereocenters. The number of rotatable bonds is 4. The third-order valence-electron chi connectivity index (χ3n) is 3.96. The summed E-state index contributed by atoms with van der Waals surface area (Å²) in [6.45, 7) is 1.63. The van der Waals surface area contributed by atoms with Crippen LogP contribution in [-0.2, 0) is 10.0 Å². The minimum atomic E-state index is -3.64. The summed E-state index contributed by atoms with van der Waals surface area (Å²) in [6, 6.07) is 5.74. The van der Waals surface area contributed by atoms with Crippen LogP contribution in [0, 0.1) is 0 Å². The van der Waals surface area contributed by atoms with Crippen LogP contribution in [0.15, 0.2) is 29.2 Å². The molecule has 1 aliphatic rings. The third kappa shape index (κ3) is 4.26. The number of hydrogen-bond donors (Lipinski definition) is 3. The fraction of sp³-hybridized carbons (Fsp3) is 0.600. The van der Waals surface area contributed by atoms with Gasteiger partial charge >= 0.3 is 0 Å². The number of aliphatic hydroxyl groups is 2. The Bertz CT molecular complexity index is 554. The largest absolute Gasteiger partial charge is 0.391 e. The van der Waals surface area contributed by atoms with E-state index in [0.29, 0.717) is 18.4 Å². The molecule has 6 heteroatoms. The molecule has 1 saturated carbocycles. The first kappa shape index (κ1) is 16.4. The normalized spacial score (nSPS) is 25.3. The second-order valence-corrected chi connectivity index (χ2v) is 7.39. The van der Waals surface area contributed by atoms with Gasteiger partial charge in [0.2, 0.25) is 10.0 Å². The van der Waals surface area contributed by atoms with Crippen molar-refractivity contribution in [2.45, 2.75) is 62.2 Å². The van der Waals surface area contributed by atoms with Crippen LogP contribution in [0.4, 0.5) is 0 Å². The molecule has 118 valence electrons. The molecule has 3 unspecified atom stereocenters. The minimum Gasteiger partial charge on any atom is -0.391 e. The summed E-state index contributed by atoms with van der Waals surface area (Å²) in [7, 11) is -3.64. The van der Waals surface area contributed by atoms with Crippen LogP contribution in [-0.4, -0.2) is 30.8 Å². The number of hydrogen-bond acceptors (Lipinski definition) is 4. The summed E-state index contributed by atoms with van der Waals surface area (Å²) in [4.78, 5) is 0.156. The highest BCUT2D eigenvalue weighted by Crippen LogP contribution is 2.21. The minimum absolute atomic E-state index is 0.156. The molecule has 3 N–H and O–H groups in total. The van der Waals surface area contributed by atoms with Gasteiger partial charge < -0.3 is 10.2 Å². The maximum Gasteiger partial charge on any atom is 0.240 e. The first-order valence-corrected chi connectivity index (χ1v) is 8.87. The van der Waals surface area contributed by atoms with Crippen molar-refractivity contribution in [1.82, 2.24) is 4.72 Å². The number of aliphatic hydroxyl groups excluding tert-OH is 2. The lowest BCUT2D eigenvalue weighted by atomic mass is 10.1. The van der Waals surface area contributed by atoms with E-state index in [1.165, 1.54) is 12.1 Å². The highest BCUT2D eigenvalue weighted by atomic mass is 32.2. The molecule has 0 aromatic heterocycles. The van der Waals surface area contributed by atoms with E-state index in [4.69, 9.17) is 0 Å². The molecule has 1 aliphatic carbocycles. The average Bonchev–Trinajstić information content (AvgIpc) is 2.64. The van der Waals surface area contributed by atoms with Gasteiger partial charge in [-0.1, -0.05) is 31.4 Å². The van der Waals surface area contributed by atoms with Crippen molar-refractivity contribution in [2.75, 3.05) is 0 Å². The monoisotopic (exact) mass is 313 g/mol. The summed E-state index contributed by atoms with van der Waals surface area (Å²) >= 11 is 0. The van der Waals surface area contributed by atoms with Gasteiger partial charge in [0.1, 0.15) is 0 Å². The van der Waals surface area contributed by atoms with Crippen molar-refractivity contribution >= 4 is 10.0 Å². The van der Waals surface area contributed by atoms with Crippen molar-refractivity contribution in [3.63, 3.8) is 0 Å². The Balaban J connectivity index is 2.13. The Morgan fingerprint density at radius 3 is 2.38 bits per heavy atom. The van der Waals surface area contributed by atoms with Crippen LogP contribution in [0.3, 0.4) is 0 Å². The van der Waals surface area contributed by atoms with E-state index in [-0.39, 0.29) is 4.90 Å². The zero-order chi connectivity index (χ0) is 15.5. The second kappa shape index (κ2) is 6.87. The Labute approximate surface area is 126 Å². The van der Waals surface area contributed by atoms with Crippen LogP contribution in [0.5, 0.6) is 0 Å². The lowest BCUT2D eigenvalue weighted by Gasteiger charge is -2.21. The number of sulfonamides is 1. The van der Waals surface area contributed by atoms with Gasteiger partial charge in [0, 0.05) is 6.04 Å². The maximum absolute atomic E-state index is 12.4. The van der Waals surface area contributed by atoms with Gasteiger partial charge in [-0.05, 0) is 37.5 Å². The fourth-order valence-corrected chi connectivity index (χ4v) is 3.92. The predicted molar refractivity (Wildman–Crippen MR) is 80.3 cm³/mol. The fourth-order valence-electron chi connectivity index (χ4n) is 2.62. The van der Waals surface area contributed by atoms with Crippen LogP contribution in [0.1, 0.15) is 50.7 Å². The SMILES string of the molecule is CC(O)c1ccc(S(=O)(=O)NC2CCCCCC2O)cc1. The first-order chi connectivity index (χ1) is 9.90. The lowest BCUT2D eigenvalue weighted by molar-refractivity contribution is 0.130. The molecule has 0 saturated heterocycles. The maximum atomic E-state index is 12.4. The molecule has 0 bridgehead atoms. The van der Waals surface area contributed by atoms with Crippen LogP contribution >= 0.6 is 0 Å². The van der Waals surface area contributed by atoms with Gasteiger partial charge in [-0.15, -0.1) is 0 Å². The third-order valence-corrected chi connectivity index (χ3v) is 5.46. The van der Waals surface area contributed by atoms with Crippen molar-refractivity contribution in [3.05, 3.63) is 29.8 Å². The molecule has 0 heterocycles. The Morgan fingerprint density at radius 2 is 1.76 bits per heavy atom. The van der Waals surface area contributed by atoms with Gasteiger partial charge in [0.15, 0.2) is 0 Å². The van der Waals surface area contributed by atoms with E-state index in [9.17, 15) is 18.6 Å². The van der Waals surface area contributed by atoms with Crippen molar-refractivity contribution in [1.29, 1.82) is 0 Å². The van der Waals surface area contributed by atoms with Crippen LogP contribution in [0.2, 0.25) is 0 Å². The molecule has 5 nitrogen and oxygen atoms in total. The van der Waals surface area contributed by atoms with E-state index in [0.717, 1.165) is 19.3 Å². The molecule has 0 amide bonds. The quantitative estimate of drug-likeness (QED) is 0.739. The van der Waals surface area contributed by atoms with Crippen LogP contribution < -0.4 is 4.72 Å². The summed E-state index contributed by atoms with van der Waals surface area (Å²) in [5.74, 6) is 0. The van der Waals surface area contributed by atoms with Gasteiger partial charge in [-0.25, -0.2) is 13.1 Å². The summed E-state index contributed by atoms with van der Waals surface area (Å²) in [5.41, 5.74) is 0.670. The molecule has 1 aromatic rings.